The summed E-state index contributed by atoms with van der Waals surface area (Å²) >= 11 is 0. The monoisotopic (exact) mass is 265 g/mol. The van der Waals surface area contributed by atoms with E-state index in [9.17, 15) is 4.79 Å². The number of hydrogen-bond acceptors (Lipinski definition) is 1. The van der Waals surface area contributed by atoms with Crippen LogP contribution in [-0.4, -0.2) is 17.4 Å². The van der Waals surface area contributed by atoms with Crippen LogP contribution < -0.4 is 0 Å². The first-order chi connectivity index (χ1) is 9.78. The third kappa shape index (κ3) is 2.46. The van der Waals surface area contributed by atoms with Gasteiger partial charge in [-0.1, -0.05) is 43.3 Å². The van der Waals surface area contributed by atoms with E-state index in [0.29, 0.717) is 0 Å². The van der Waals surface area contributed by atoms with Crippen molar-refractivity contribution in [2.45, 2.75) is 26.3 Å². The van der Waals surface area contributed by atoms with Gasteiger partial charge in [0.25, 0.3) is 5.91 Å². The predicted molar refractivity (Wildman–Crippen MR) is 80.7 cm³/mol. The summed E-state index contributed by atoms with van der Waals surface area (Å²) in [5, 5.41) is 0. The maximum absolute atomic E-state index is 12.5. The molecular formula is C18H19NO. The lowest BCUT2D eigenvalue weighted by Crippen LogP contribution is -2.35. The Morgan fingerprint density at radius 2 is 1.75 bits per heavy atom. The molecule has 1 aliphatic heterocycles. The number of nitrogens with zero attached hydrogens (tertiary/aromatic N) is 1. The van der Waals surface area contributed by atoms with Crippen LogP contribution in [0.5, 0.6) is 0 Å². The van der Waals surface area contributed by atoms with E-state index in [-0.39, 0.29) is 5.91 Å². The van der Waals surface area contributed by atoms with E-state index in [1.165, 1.54) is 16.7 Å². The number of rotatable bonds is 2. The Morgan fingerprint density at radius 1 is 1.05 bits per heavy atom. The van der Waals surface area contributed by atoms with Crippen LogP contribution >= 0.6 is 0 Å². The second-order valence-corrected chi connectivity index (χ2v) is 5.30. The van der Waals surface area contributed by atoms with Crippen LogP contribution in [0.25, 0.3) is 0 Å². The van der Waals surface area contributed by atoms with E-state index in [2.05, 4.69) is 25.1 Å². The summed E-state index contributed by atoms with van der Waals surface area (Å²) in [6.45, 7) is 3.66. The van der Waals surface area contributed by atoms with Gasteiger partial charge in [0, 0.05) is 18.7 Å². The van der Waals surface area contributed by atoms with E-state index < -0.39 is 0 Å². The molecule has 1 aliphatic rings. The Hall–Kier alpha value is -2.09. The maximum Gasteiger partial charge on any atom is 0.254 e. The van der Waals surface area contributed by atoms with Crippen molar-refractivity contribution in [2.75, 3.05) is 6.54 Å². The van der Waals surface area contributed by atoms with Crippen molar-refractivity contribution in [2.24, 2.45) is 0 Å². The fourth-order valence-corrected chi connectivity index (χ4v) is 2.73. The summed E-state index contributed by atoms with van der Waals surface area (Å²) in [7, 11) is 0. The van der Waals surface area contributed by atoms with Gasteiger partial charge in [-0.3, -0.25) is 4.79 Å². The minimum absolute atomic E-state index is 0.141. The first-order valence-electron chi connectivity index (χ1n) is 7.23. The summed E-state index contributed by atoms with van der Waals surface area (Å²) in [6.07, 6.45) is 1.96. The largest absolute Gasteiger partial charge is 0.334 e. The highest BCUT2D eigenvalue weighted by Gasteiger charge is 2.21. The van der Waals surface area contributed by atoms with Crippen LogP contribution in [0.1, 0.15) is 34.0 Å². The van der Waals surface area contributed by atoms with Gasteiger partial charge >= 0.3 is 0 Å². The summed E-state index contributed by atoms with van der Waals surface area (Å²) in [5.74, 6) is 0.141. The normalized spacial score (nSPS) is 13.9. The third-order valence-electron chi connectivity index (χ3n) is 4.03. The van der Waals surface area contributed by atoms with Gasteiger partial charge < -0.3 is 4.90 Å². The zero-order valence-corrected chi connectivity index (χ0v) is 11.8. The van der Waals surface area contributed by atoms with Gasteiger partial charge in [-0.25, -0.2) is 0 Å². The molecule has 102 valence electrons. The molecule has 0 saturated carbocycles. The molecule has 0 N–H and O–H groups in total. The molecule has 20 heavy (non-hydrogen) atoms. The molecule has 0 fully saturated rings. The van der Waals surface area contributed by atoms with E-state index in [1.54, 1.807) is 0 Å². The zero-order chi connectivity index (χ0) is 13.9. The summed E-state index contributed by atoms with van der Waals surface area (Å²) in [6, 6.07) is 16.4. The molecule has 0 aromatic heterocycles. The maximum atomic E-state index is 12.5. The Morgan fingerprint density at radius 3 is 2.45 bits per heavy atom. The van der Waals surface area contributed by atoms with Gasteiger partial charge in [-0.2, -0.15) is 0 Å². The number of benzene rings is 2. The molecule has 3 rings (SSSR count). The fourth-order valence-electron chi connectivity index (χ4n) is 2.73. The lowest BCUT2D eigenvalue weighted by molar-refractivity contribution is 0.0734. The van der Waals surface area contributed by atoms with Crippen LogP contribution in [0.3, 0.4) is 0 Å². The summed E-state index contributed by atoms with van der Waals surface area (Å²) in [4.78, 5) is 14.5. The van der Waals surface area contributed by atoms with Gasteiger partial charge in [-0.05, 0) is 41.7 Å². The summed E-state index contributed by atoms with van der Waals surface area (Å²) in [5.41, 5.74) is 4.71. The standard InChI is InChI=1S/C18H19NO/c1-2-14-7-9-16(10-8-14)18(20)19-12-11-15-5-3-4-6-17(15)13-19/h3-10H,2,11-13H2,1H3. The molecule has 0 radical (unpaired) electrons. The molecule has 0 unspecified atom stereocenters. The molecular weight excluding hydrogens is 246 g/mol. The highest BCUT2D eigenvalue weighted by molar-refractivity contribution is 5.94. The number of carbonyl (C=O) groups excluding carboxylic acids is 1. The Labute approximate surface area is 120 Å². The van der Waals surface area contributed by atoms with Crippen molar-refractivity contribution >= 4 is 5.91 Å². The van der Waals surface area contributed by atoms with Gasteiger partial charge in [0.1, 0.15) is 0 Å². The molecule has 0 bridgehead atoms. The van der Waals surface area contributed by atoms with E-state index in [1.807, 2.05) is 35.2 Å². The first-order valence-corrected chi connectivity index (χ1v) is 7.23. The molecule has 0 atom stereocenters. The lowest BCUT2D eigenvalue weighted by atomic mass is 9.99. The molecule has 1 amide bonds. The lowest BCUT2D eigenvalue weighted by Gasteiger charge is -2.29. The Balaban J connectivity index is 1.78. The molecule has 0 spiro atoms. The highest BCUT2D eigenvalue weighted by Crippen LogP contribution is 2.20. The van der Waals surface area contributed by atoms with Gasteiger partial charge in [0.15, 0.2) is 0 Å². The minimum Gasteiger partial charge on any atom is -0.334 e. The average Bonchev–Trinajstić information content (AvgIpc) is 2.54. The van der Waals surface area contributed by atoms with Crippen molar-refractivity contribution in [1.82, 2.24) is 4.90 Å². The molecule has 0 saturated heterocycles. The molecule has 2 heteroatoms. The highest BCUT2D eigenvalue weighted by atomic mass is 16.2. The SMILES string of the molecule is CCc1ccc(C(=O)N2CCc3ccccc3C2)cc1. The number of fused-ring (bicyclic) bond motifs is 1. The van der Waals surface area contributed by atoms with Crippen molar-refractivity contribution in [1.29, 1.82) is 0 Å². The predicted octanol–water partition coefficient (Wildman–Crippen LogP) is 3.45. The Kier molecular flexibility index (Phi) is 3.55. The number of carbonyl (C=O) groups is 1. The molecule has 0 aliphatic carbocycles. The van der Waals surface area contributed by atoms with Gasteiger partial charge in [0.05, 0.1) is 0 Å². The minimum atomic E-state index is 0.141. The van der Waals surface area contributed by atoms with E-state index >= 15 is 0 Å². The fraction of sp³-hybridized carbons (Fsp3) is 0.278. The van der Waals surface area contributed by atoms with Crippen molar-refractivity contribution < 1.29 is 4.79 Å². The van der Waals surface area contributed by atoms with Crippen LogP contribution in [0.2, 0.25) is 0 Å². The van der Waals surface area contributed by atoms with Crippen LogP contribution in [0.4, 0.5) is 0 Å². The van der Waals surface area contributed by atoms with Crippen LogP contribution in [0, 0.1) is 0 Å². The molecule has 2 aromatic rings. The second kappa shape index (κ2) is 5.49. The molecule has 2 nitrogen and oxygen atoms in total. The second-order valence-electron chi connectivity index (χ2n) is 5.30. The van der Waals surface area contributed by atoms with Crippen molar-refractivity contribution in [3.8, 4) is 0 Å². The molecule has 2 aromatic carbocycles. The van der Waals surface area contributed by atoms with Gasteiger partial charge in [-0.15, -0.1) is 0 Å². The number of hydrogen-bond donors (Lipinski definition) is 0. The van der Waals surface area contributed by atoms with E-state index in [0.717, 1.165) is 31.5 Å². The van der Waals surface area contributed by atoms with Gasteiger partial charge in [0.2, 0.25) is 0 Å². The quantitative estimate of drug-likeness (QED) is 0.814. The zero-order valence-electron chi connectivity index (χ0n) is 11.8. The number of amides is 1. The summed E-state index contributed by atoms with van der Waals surface area (Å²) < 4.78 is 0. The van der Waals surface area contributed by atoms with Crippen LogP contribution in [0.15, 0.2) is 48.5 Å². The van der Waals surface area contributed by atoms with Crippen molar-refractivity contribution in [3.05, 3.63) is 70.8 Å². The third-order valence-corrected chi connectivity index (χ3v) is 4.03. The number of aryl methyl sites for hydroxylation is 1. The van der Waals surface area contributed by atoms with Crippen molar-refractivity contribution in [3.63, 3.8) is 0 Å². The molecule has 1 heterocycles. The smallest absolute Gasteiger partial charge is 0.254 e. The van der Waals surface area contributed by atoms with Crippen LogP contribution in [-0.2, 0) is 19.4 Å². The van der Waals surface area contributed by atoms with E-state index in [4.69, 9.17) is 0 Å². The first kappa shape index (κ1) is 12.9. The Bertz CT molecular complexity index is 616. The topological polar surface area (TPSA) is 20.3 Å². The average molecular weight is 265 g/mol.